The molecular formula is C17H19F3N2O. The molecule has 23 heavy (non-hydrogen) atoms. The molecule has 0 aliphatic carbocycles. The van der Waals surface area contributed by atoms with Crippen molar-refractivity contribution >= 4 is 10.9 Å². The lowest BCUT2D eigenvalue weighted by Gasteiger charge is -2.29. The zero-order chi connectivity index (χ0) is 16.6. The maximum Gasteiger partial charge on any atom is 0.418 e. The molecule has 124 valence electrons. The van der Waals surface area contributed by atoms with Gasteiger partial charge in [-0.3, -0.25) is 4.98 Å². The van der Waals surface area contributed by atoms with Gasteiger partial charge in [-0.05, 0) is 44.0 Å². The molecule has 1 aromatic heterocycles. The van der Waals surface area contributed by atoms with Gasteiger partial charge >= 0.3 is 6.18 Å². The molecule has 3 rings (SSSR count). The summed E-state index contributed by atoms with van der Waals surface area (Å²) in [4.78, 5) is 4.08. The maximum absolute atomic E-state index is 13.2. The average Bonchev–Trinajstić information content (AvgIpc) is 2.52. The van der Waals surface area contributed by atoms with Crippen molar-refractivity contribution in [1.29, 1.82) is 0 Å². The van der Waals surface area contributed by atoms with E-state index >= 15 is 0 Å². The Hall–Kier alpha value is -1.66. The van der Waals surface area contributed by atoms with E-state index in [1.165, 1.54) is 6.07 Å². The van der Waals surface area contributed by atoms with Gasteiger partial charge in [0.15, 0.2) is 0 Å². The number of fused-ring (bicyclic) bond motifs is 1. The first-order valence-electron chi connectivity index (χ1n) is 7.77. The van der Waals surface area contributed by atoms with Crippen molar-refractivity contribution in [2.45, 2.75) is 44.5 Å². The van der Waals surface area contributed by atoms with Gasteiger partial charge in [0, 0.05) is 17.1 Å². The van der Waals surface area contributed by atoms with Crippen LogP contribution in [0.3, 0.4) is 0 Å². The van der Waals surface area contributed by atoms with Crippen LogP contribution in [-0.4, -0.2) is 22.7 Å². The van der Waals surface area contributed by atoms with E-state index in [0.29, 0.717) is 16.6 Å². The highest BCUT2D eigenvalue weighted by atomic mass is 19.4. The van der Waals surface area contributed by atoms with E-state index in [1.807, 2.05) is 0 Å². The largest absolute Gasteiger partial charge is 0.418 e. The van der Waals surface area contributed by atoms with E-state index in [4.69, 9.17) is 0 Å². The Morgan fingerprint density at radius 1 is 1.30 bits per heavy atom. The first-order chi connectivity index (χ1) is 10.9. The summed E-state index contributed by atoms with van der Waals surface area (Å²) in [5.74, 6) is 0. The van der Waals surface area contributed by atoms with Crippen molar-refractivity contribution < 1.29 is 18.3 Å². The Kier molecular flexibility index (Phi) is 4.29. The lowest BCUT2D eigenvalue weighted by atomic mass is 9.92. The standard InChI is InChI=1S/C17H19F3N2O/c1-10-9-12(16(23)14-7-2-3-8-21-14)11-5-4-6-13(15(11)22-10)17(18,19)20/h4-6,9,14,16,21,23H,2-3,7-8H2,1H3/t14-,16+/m1/s1. The van der Waals surface area contributed by atoms with Crippen LogP contribution in [0.1, 0.15) is 42.2 Å². The minimum atomic E-state index is -4.47. The van der Waals surface area contributed by atoms with Crippen LogP contribution in [0, 0.1) is 6.92 Å². The number of alkyl halides is 3. The molecule has 2 N–H and O–H groups in total. The number of aryl methyl sites for hydroxylation is 1. The molecular weight excluding hydrogens is 305 g/mol. The highest BCUT2D eigenvalue weighted by Crippen LogP contribution is 2.37. The third kappa shape index (κ3) is 3.19. The van der Waals surface area contributed by atoms with Crippen LogP contribution in [0.25, 0.3) is 10.9 Å². The fraction of sp³-hybridized carbons (Fsp3) is 0.471. The molecule has 2 atom stereocenters. The lowest BCUT2D eigenvalue weighted by Crippen LogP contribution is -2.38. The summed E-state index contributed by atoms with van der Waals surface area (Å²) in [5, 5.41) is 14.3. The molecule has 1 aliphatic rings. The molecule has 1 saturated heterocycles. The zero-order valence-corrected chi connectivity index (χ0v) is 12.8. The van der Waals surface area contributed by atoms with Gasteiger partial charge in [-0.2, -0.15) is 13.2 Å². The molecule has 2 aromatic rings. The molecule has 0 radical (unpaired) electrons. The van der Waals surface area contributed by atoms with Gasteiger partial charge < -0.3 is 10.4 Å². The van der Waals surface area contributed by atoms with E-state index in [2.05, 4.69) is 10.3 Å². The lowest BCUT2D eigenvalue weighted by molar-refractivity contribution is -0.136. The van der Waals surface area contributed by atoms with Gasteiger partial charge in [0.2, 0.25) is 0 Å². The van der Waals surface area contributed by atoms with Crippen LogP contribution in [0.2, 0.25) is 0 Å². The van der Waals surface area contributed by atoms with Crippen molar-refractivity contribution in [1.82, 2.24) is 10.3 Å². The summed E-state index contributed by atoms with van der Waals surface area (Å²) >= 11 is 0. The predicted molar refractivity (Wildman–Crippen MR) is 82.1 cm³/mol. The molecule has 0 unspecified atom stereocenters. The molecule has 1 fully saturated rings. The Morgan fingerprint density at radius 2 is 2.09 bits per heavy atom. The van der Waals surface area contributed by atoms with Crippen LogP contribution in [0.4, 0.5) is 13.2 Å². The number of aliphatic hydroxyl groups excluding tert-OH is 1. The molecule has 0 amide bonds. The fourth-order valence-corrected chi connectivity index (χ4v) is 3.25. The fourth-order valence-electron chi connectivity index (χ4n) is 3.25. The number of hydrogen-bond acceptors (Lipinski definition) is 3. The Labute approximate surface area is 132 Å². The molecule has 6 heteroatoms. The van der Waals surface area contributed by atoms with E-state index < -0.39 is 17.8 Å². The highest BCUT2D eigenvalue weighted by molar-refractivity contribution is 5.86. The number of rotatable bonds is 2. The smallest absolute Gasteiger partial charge is 0.387 e. The second-order valence-electron chi connectivity index (χ2n) is 6.05. The Balaban J connectivity index is 2.13. The van der Waals surface area contributed by atoms with Gasteiger partial charge in [0.1, 0.15) is 0 Å². The van der Waals surface area contributed by atoms with Crippen molar-refractivity contribution in [3.8, 4) is 0 Å². The average molecular weight is 324 g/mol. The van der Waals surface area contributed by atoms with Crippen molar-refractivity contribution in [3.63, 3.8) is 0 Å². The Morgan fingerprint density at radius 3 is 2.74 bits per heavy atom. The Bertz CT molecular complexity index is 709. The van der Waals surface area contributed by atoms with Crippen LogP contribution in [-0.2, 0) is 6.18 Å². The minimum absolute atomic E-state index is 0.0927. The van der Waals surface area contributed by atoms with Crippen molar-refractivity contribution in [3.05, 3.63) is 41.1 Å². The van der Waals surface area contributed by atoms with E-state index in [1.54, 1.807) is 19.1 Å². The van der Waals surface area contributed by atoms with Gasteiger partial charge in [-0.15, -0.1) is 0 Å². The summed E-state index contributed by atoms with van der Waals surface area (Å²) in [6, 6.07) is 5.54. The molecule has 0 bridgehead atoms. The summed E-state index contributed by atoms with van der Waals surface area (Å²) in [6.45, 7) is 2.47. The van der Waals surface area contributed by atoms with Crippen LogP contribution >= 0.6 is 0 Å². The first kappa shape index (κ1) is 16.2. The molecule has 1 aromatic carbocycles. The summed E-state index contributed by atoms with van der Waals surface area (Å²) in [5.41, 5.74) is 0.130. The number of para-hydroxylation sites is 1. The van der Waals surface area contributed by atoms with Gasteiger partial charge in [0.05, 0.1) is 17.2 Å². The SMILES string of the molecule is Cc1cc([C@H](O)[C@H]2CCCCN2)c2cccc(C(F)(F)F)c2n1. The second-order valence-corrected chi connectivity index (χ2v) is 6.05. The van der Waals surface area contributed by atoms with E-state index in [9.17, 15) is 18.3 Å². The zero-order valence-electron chi connectivity index (χ0n) is 12.8. The summed E-state index contributed by atoms with van der Waals surface area (Å²) in [7, 11) is 0. The number of nitrogens with zero attached hydrogens (tertiary/aromatic N) is 1. The third-order valence-corrected chi connectivity index (χ3v) is 4.35. The normalized spacial score (nSPS) is 20.7. The molecule has 2 heterocycles. The van der Waals surface area contributed by atoms with E-state index in [0.717, 1.165) is 31.9 Å². The molecule has 0 spiro atoms. The number of benzene rings is 1. The predicted octanol–water partition coefficient (Wildman–Crippen LogP) is 3.74. The van der Waals surface area contributed by atoms with Gasteiger partial charge in [0.25, 0.3) is 0 Å². The number of hydrogen-bond donors (Lipinski definition) is 2. The van der Waals surface area contributed by atoms with Crippen LogP contribution in [0.15, 0.2) is 24.3 Å². The topological polar surface area (TPSA) is 45.1 Å². The molecule has 0 saturated carbocycles. The van der Waals surface area contributed by atoms with E-state index in [-0.39, 0.29) is 11.6 Å². The maximum atomic E-state index is 13.2. The number of pyridine rings is 1. The van der Waals surface area contributed by atoms with Crippen LogP contribution < -0.4 is 5.32 Å². The number of piperidine rings is 1. The number of aliphatic hydroxyl groups is 1. The first-order valence-corrected chi connectivity index (χ1v) is 7.77. The van der Waals surface area contributed by atoms with Gasteiger partial charge in [-0.1, -0.05) is 18.6 Å². The van der Waals surface area contributed by atoms with Crippen LogP contribution in [0.5, 0.6) is 0 Å². The third-order valence-electron chi connectivity index (χ3n) is 4.35. The van der Waals surface area contributed by atoms with Gasteiger partial charge in [-0.25, -0.2) is 0 Å². The van der Waals surface area contributed by atoms with Crippen molar-refractivity contribution in [2.24, 2.45) is 0 Å². The second kappa shape index (κ2) is 6.09. The number of nitrogens with one attached hydrogen (secondary N) is 1. The molecule has 3 nitrogen and oxygen atoms in total. The summed E-state index contributed by atoms with van der Waals surface area (Å²) < 4.78 is 39.7. The number of halogens is 3. The quantitative estimate of drug-likeness (QED) is 0.884. The number of aromatic nitrogens is 1. The summed E-state index contributed by atoms with van der Waals surface area (Å²) in [6.07, 6.45) is -2.44. The monoisotopic (exact) mass is 324 g/mol. The van der Waals surface area contributed by atoms with Crippen molar-refractivity contribution in [2.75, 3.05) is 6.54 Å². The highest BCUT2D eigenvalue weighted by Gasteiger charge is 2.34. The minimum Gasteiger partial charge on any atom is -0.387 e. The molecule has 1 aliphatic heterocycles.